The zero-order valence-corrected chi connectivity index (χ0v) is 21.0. The fourth-order valence-corrected chi connectivity index (χ4v) is 5.74. The van der Waals surface area contributed by atoms with E-state index in [1.54, 1.807) is 0 Å². The fourth-order valence-electron chi connectivity index (χ4n) is 2.67. The van der Waals surface area contributed by atoms with Crippen molar-refractivity contribution in [1.82, 2.24) is 0 Å². The highest BCUT2D eigenvalue weighted by Crippen LogP contribution is 2.43. The number of sulfonamides is 2. The molecule has 2 N–H and O–H groups in total. The standard InChI is InChI=1S/C20H17Cl3N2O6S2/c1-30-12-3-7-14(8-4-12)32(26,27)24-17-11-16(21)20(19(23)18(17)22)25-33(28,29)15-9-5-13(31-2)6-10-15/h3-11,24-25H,1-2H3. The molecule has 0 amide bonds. The molecular formula is C20H17Cl3N2O6S2. The van der Waals surface area contributed by atoms with Crippen LogP contribution in [0.2, 0.25) is 15.1 Å². The summed E-state index contributed by atoms with van der Waals surface area (Å²) in [6, 6.07) is 12.4. The summed E-state index contributed by atoms with van der Waals surface area (Å²) < 4.78 is 65.5. The lowest BCUT2D eigenvalue weighted by atomic mass is 10.3. The van der Waals surface area contributed by atoms with Crippen LogP contribution in [0.15, 0.2) is 64.4 Å². The van der Waals surface area contributed by atoms with Crippen LogP contribution in [0.25, 0.3) is 0 Å². The molecular weight excluding hydrogens is 535 g/mol. The molecule has 0 aromatic heterocycles. The number of ether oxygens (including phenoxy) is 2. The first-order valence-corrected chi connectivity index (χ1v) is 13.1. The van der Waals surface area contributed by atoms with Gasteiger partial charge in [-0.3, -0.25) is 9.44 Å². The lowest BCUT2D eigenvalue weighted by Crippen LogP contribution is -2.15. The second kappa shape index (κ2) is 9.86. The third-order valence-electron chi connectivity index (χ3n) is 4.38. The fraction of sp³-hybridized carbons (Fsp3) is 0.100. The van der Waals surface area contributed by atoms with Crippen molar-refractivity contribution < 1.29 is 26.3 Å². The number of benzene rings is 3. The summed E-state index contributed by atoms with van der Waals surface area (Å²) in [6.07, 6.45) is 0. The van der Waals surface area contributed by atoms with E-state index in [1.165, 1.54) is 62.8 Å². The molecule has 0 saturated carbocycles. The van der Waals surface area contributed by atoms with Crippen molar-refractivity contribution in [1.29, 1.82) is 0 Å². The summed E-state index contributed by atoms with van der Waals surface area (Å²) in [7, 11) is -5.22. The monoisotopic (exact) mass is 550 g/mol. The van der Waals surface area contributed by atoms with E-state index in [2.05, 4.69) is 9.44 Å². The Bertz CT molecular complexity index is 1380. The highest BCUT2D eigenvalue weighted by molar-refractivity contribution is 7.93. The molecule has 13 heteroatoms. The average Bonchev–Trinajstić information content (AvgIpc) is 2.80. The van der Waals surface area contributed by atoms with E-state index in [0.29, 0.717) is 11.5 Å². The number of hydrogen-bond donors (Lipinski definition) is 2. The zero-order chi connectivity index (χ0) is 24.4. The number of methoxy groups -OCH3 is 2. The second-order valence-electron chi connectivity index (χ2n) is 6.47. The van der Waals surface area contributed by atoms with E-state index in [1.807, 2.05) is 0 Å². The van der Waals surface area contributed by atoms with Crippen LogP contribution in [-0.2, 0) is 20.0 Å². The highest BCUT2D eigenvalue weighted by atomic mass is 35.5. The molecule has 0 atom stereocenters. The maximum absolute atomic E-state index is 12.7. The van der Waals surface area contributed by atoms with Gasteiger partial charge in [-0.15, -0.1) is 0 Å². The Balaban J connectivity index is 1.92. The molecule has 176 valence electrons. The Labute approximate surface area is 206 Å². The normalized spacial score (nSPS) is 11.7. The summed E-state index contributed by atoms with van der Waals surface area (Å²) in [4.78, 5) is -0.133. The molecule has 0 aliphatic rings. The van der Waals surface area contributed by atoms with Gasteiger partial charge in [0, 0.05) is 0 Å². The number of halogens is 3. The zero-order valence-electron chi connectivity index (χ0n) is 17.1. The average molecular weight is 552 g/mol. The van der Waals surface area contributed by atoms with Crippen LogP contribution in [0.4, 0.5) is 11.4 Å². The van der Waals surface area contributed by atoms with Gasteiger partial charge >= 0.3 is 0 Å². The van der Waals surface area contributed by atoms with Crippen LogP contribution in [0, 0.1) is 0 Å². The first-order chi connectivity index (χ1) is 15.5. The summed E-state index contributed by atoms with van der Waals surface area (Å²) in [6.45, 7) is 0. The predicted octanol–water partition coefficient (Wildman–Crippen LogP) is 5.27. The van der Waals surface area contributed by atoms with Crippen LogP contribution in [0.1, 0.15) is 0 Å². The van der Waals surface area contributed by atoms with Gasteiger partial charge in [0.25, 0.3) is 20.0 Å². The minimum Gasteiger partial charge on any atom is -0.497 e. The Kier molecular flexibility index (Phi) is 7.55. The summed E-state index contributed by atoms with van der Waals surface area (Å²) >= 11 is 18.7. The third kappa shape index (κ3) is 5.59. The van der Waals surface area contributed by atoms with Crippen LogP contribution in [0.5, 0.6) is 11.5 Å². The van der Waals surface area contributed by atoms with Gasteiger partial charge in [-0.25, -0.2) is 16.8 Å². The first kappa shape index (κ1) is 25.3. The van der Waals surface area contributed by atoms with Crippen molar-refractivity contribution in [2.75, 3.05) is 23.7 Å². The van der Waals surface area contributed by atoms with Crippen molar-refractivity contribution >= 4 is 66.2 Å². The van der Waals surface area contributed by atoms with Crippen LogP contribution >= 0.6 is 34.8 Å². The molecule has 0 unspecified atom stereocenters. The van der Waals surface area contributed by atoms with E-state index >= 15 is 0 Å². The number of hydrogen-bond acceptors (Lipinski definition) is 6. The molecule has 0 aliphatic carbocycles. The summed E-state index contributed by atoms with van der Waals surface area (Å²) in [5.41, 5.74) is -0.332. The van der Waals surface area contributed by atoms with Crippen molar-refractivity contribution in [2.45, 2.75) is 9.79 Å². The van der Waals surface area contributed by atoms with Gasteiger partial charge in [0.2, 0.25) is 0 Å². The topological polar surface area (TPSA) is 111 Å². The molecule has 0 radical (unpaired) electrons. The van der Waals surface area contributed by atoms with E-state index in [9.17, 15) is 16.8 Å². The van der Waals surface area contributed by atoms with E-state index < -0.39 is 20.0 Å². The molecule has 3 aromatic carbocycles. The van der Waals surface area contributed by atoms with Crippen molar-refractivity contribution in [3.63, 3.8) is 0 Å². The SMILES string of the molecule is COc1ccc(S(=O)(=O)Nc2cc(Cl)c(NS(=O)(=O)c3ccc(OC)cc3)c(Cl)c2Cl)cc1. The Morgan fingerprint density at radius 2 is 1.09 bits per heavy atom. The molecule has 0 bridgehead atoms. The molecule has 0 saturated heterocycles. The highest BCUT2D eigenvalue weighted by Gasteiger charge is 2.24. The molecule has 33 heavy (non-hydrogen) atoms. The van der Waals surface area contributed by atoms with Crippen molar-refractivity contribution in [3.8, 4) is 11.5 Å². The maximum atomic E-state index is 12.7. The molecule has 8 nitrogen and oxygen atoms in total. The predicted molar refractivity (Wildman–Crippen MR) is 129 cm³/mol. The second-order valence-corrected chi connectivity index (χ2v) is 11.0. The molecule has 0 fully saturated rings. The Morgan fingerprint density at radius 3 is 1.52 bits per heavy atom. The molecule has 0 aliphatic heterocycles. The lowest BCUT2D eigenvalue weighted by molar-refractivity contribution is 0.414. The van der Waals surface area contributed by atoms with Crippen molar-refractivity contribution in [2.24, 2.45) is 0 Å². The summed E-state index contributed by atoms with van der Waals surface area (Å²) in [5, 5.41) is -0.701. The quantitative estimate of drug-likeness (QED) is 0.369. The van der Waals surface area contributed by atoms with E-state index in [0.717, 1.165) is 6.07 Å². The first-order valence-electron chi connectivity index (χ1n) is 8.99. The molecule has 0 heterocycles. The molecule has 3 rings (SSSR count). The number of rotatable bonds is 8. The smallest absolute Gasteiger partial charge is 0.261 e. The van der Waals surface area contributed by atoms with E-state index in [4.69, 9.17) is 44.3 Å². The van der Waals surface area contributed by atoms with Gasteiger partial charge in [0.15, 0.2) is 0 Å². The van der Waals surface area contributed by atoms with Crippen molar-refractivity contribution in [3.05, 3.63) is 69.7 Å². The largest absolute Gasteiger partial charge is 0.497 e. The molecule has 3 aromatic rings. The number of anilines is 2. The van der Waals surface area contributed by atoms with Gasteiger partial charge in [0.05, 0.1) is 50.5 Å². The van der Waals surface area contributed by atoms with Gasteiger partial charge < -0.3 is 9.47 Å². The maximum Gasteiger partial charge on any atom is 0.261 e. The van der Waals surface area contributed by atoms with Crippen LogP contribution in [-0.4, -0.2) is 31.1 Å². The Hall–Kier alpha value is -2.37. The summed E-state index contributed by atoms with van der Waals surface area (Å²) in [5.74, 6) is 0.952. The van der Waals surface area contributed by atoms with E-state index in [-0.39, 0.29) is 36.2 Å². The number of nitrogens with one attached hydrogen (secondary N) is 2. The van der Waals surface area contributed by atoms with Gasteiger partial charge in [-0.2, -0.15) is 0 Å². The molecule has 0 spiro atoms. The third-order valence-corrected chi connectivity index (χ3v) is 8.29. The van der Waals surface area contributed by atoms with Crippen LogP contribution in [0.3, 0.4) is 0 Å². The minimum absolute atomic E-state index is 0.0594. The van der Waals surface area contributed by atoms with Gasteiger partial charge in [-0.1, -0.05) is 34.8 Å². The van der Waals surface area contributed by atoms with Gasteiger partial charge in [-0.05, 0) is 54.6 Å². The lowest BCUT2D eigenvalue weighted by Gasteiger charge is -2.16. The Morgan fingerprint density at radius 1 is 0.667 bits per heavy atom. The van der Waals surface area contributed by atoms with Crippen LogP contribution < -0.4 is 18.9 Å². The minimum atomic E-state index is -4.08. The van der Waals surface area contributed by atoms with Gasteiger partial charge in [0.1, 0.15) is 11.5 Å².